The van der Waals surface area contributed by atoms with E-state index in [0.717, 1.165) is 43.4 Å². The van der Waals surface area contributed by atoms with Crippen molar-refractivity contribution in [3.63, 3.8) is 0 Å². The molecule has 1 aromatic heterocycles. The summed E-state index contributed by atoms with van der Waals surface area (Å²) in [5.74, 6) is 0.136. The van der Waals surface area contributed by atoms with E-state index >= 15 is 0 Å². The van der Waals surface area contributed by atoms with E-state index in [1.165, 1.54) is 4.57 Å². The molecular weight excluding hydrogens is 366 g/mol. The van der Waals surface area contributed by atoms with E-state index < -0.39 is 14.8 Å². The van der Waals surface area contributed by atoms with Crippen molar-refractivity contribution < 1.29 is 12.8 Å². The second kappa shape index (κ2) is 7.31. The summed E-state index contributed by atoms with van der Waals surface area (Å²) in [7, 11) is -1.61. The summed E-state index contributed by atoms with van der Waals surface area (Å²) in [5, 5.41) is 3.41. The van der Waals surface area contributed by atoms with Gasteiger partial charge in [-0.2, -0.15) is 0 Å². The molecule has 0 saturated heterocycles. The number of nitrogens with one attached hydrogen (secondary N) is 2. The number of rotatable bonds is 5. The van der Waals surface area contributed by atoms with E-state index in [2.05, 4.69) is 10.0 Å². The predicted molar refractivity (Wildman–Crippen MR) is 107 cm³/mol. The van der Waals surface area contributed by atoms with Gasteiger partial charge in [0.05, 0.1) is 10.3 Å². The molecule has 0 atom stereocenters. The molecule has 1 aliphatic carbocycles. The normalized spacial score (nSPS) is 21.5. The van der Waals surface area contributed by atoms with Gasteiger partial charge in [-0.25, -0.2) is 17.9 Å². The smallest absolute Gasteiger partial charge is 0.408 e. The number of hydrogen-bond donors (Lipinski definition) is 2. The van der Waals surface area contributed by atoms with E-state index in [1.807, 2.05) is 18.2 Å². The van der Waals surface area contributed by atoms with Gasteiger partial charge < -0.3 is 9.73 Å². The van der Waals surface area contributed by atoms with E-state index in [4.69, 9.17) is 4.42 Å². The highest BCUT2D eigenvalue weighted by Gasteiger charge is 2.32. The summed E-state index contributed by atoms with van der Waals surface area (Å²) in [6.45, 7) is 5.98. The van der Waals surface area contributed by atoms with Gasteiger partial charge in [0.25, 0.3) is 0 Å². The maximum atomic E-state index is 12.3. The average molecular weight is 396 g/mol. The van der Waals surface area contributed by atoms with Gasteiger partial charge in [0.1, 0.15) is 0 Å². The Bertz CT molecular complexity index is 961. The summed E-state index contributed by atoms with van der Waals surface area (Å²) in [5.41, 5.74) is 2.28. The van der Waals surface area contributed by atoms with E-state index in [0.29, 0.717) is 11.5 Å². The van der Waals surface area contributed by atoms with Crippen LogP contribution in [0.1, 0.15) is 46.5 Å². The van der Waals surface area contributed by atoms with Crippen molar-refractivity contribution in [2.75, 3.05) is 11.9 Å². The van der Waals surface area contributed by atoms with Crippen LogP contribution >= 0.6 is 0 Å². The highest BCUT2D eigenvalue weighted by Crippen LogP contribution is 2.27. The summed E-state index contributed by atoms with van der Waals surface area (Å²) < 4.78 is 33.4. The molecule has 1 aromatic carbocycles. The summed E-state index contributed by atoms with van der Waals surface area (Å²) in [6.07, 6.45) is 3.67. The molecule has 1 heterocycles. The minimum absolute atomic E-state index is 0.0282. The molecule has 27 heavy (non-hydrogen) atoms. The first kappa shape index (κ1) is 19.9. The van der Waals surface area contributed by atoms with Crippen molar-refractivity contribution in [1.82, 2.24) is 9.29 Å². The second-order valence-electron chi connectivity index (χ2n) is 8.44. The van der Waals surface area contributed by atoms with Gasteiger partial charge in [0.15, 0.2) is 5.58 Å². The van der Waals surface area contributed by atoms with Crippen molar-refractivity contribution >= 4 is 26.8 Å². The molecule has 8 heteroatoms. The van der Waals surface area contributed by atoms with Gasteiger partial charge >= 0.3 is 5.76 Å². The van der Waals surface area contributed by atoms with Gasteiger partial charge in [-0.1, -0.05) is 0 Å². The van der Waals surface area contributed by atoms with Crippen molar-refractivity contribution in [3.05, 3.63) is 28.7 Å². The Kier molecular flexibility index (Phi) is 5.40. The Balaban J connectivity index is 1.52. The number of aryl methyl sites for hydroxylation is 1. The maximum absolute atomic E-state index is 12.3. The number of sulfonamides is 1. The maximum Gasteiger partial charge on any atom is 0.419 e. The molecule has 0 spiro atoms. The number of hydrogen-bond acceptors (Lipinski definition) is 5. The topological polar surface area (TPSA) is 93.3 Å². The molecule has 1 fully saturated rings. The van der Waals surface area contributed by atoms with Crippen LogP contribution in [0.15, 0.2) is 27.4 Å². The highest BCUT2D eigenvalue weighted by molar-refractivity contribution is 7.90. The van der Waals surface area contributed by atoms with E-state index in [9.17, 15) is 13.2 Å². The molecule has 1 aliphatic rings. The molecule has 1 saturated carbocycles. The minimum atomic E-state index is -3.30. The second-order valence-corrected chi connectivity index (χ2v) is 10.9. The molecule has 0 amide bonds. The Morgan fingerprint density at radius 2 is 1.85 bits per heavy atom. The number of benzene rings is 1. The number of nitrogens with zero attached hydrogens (tertiary/aromatic N) is 1. The van der Waals surface area contributed by atoms with Crippen LogP contribution in [0.2, 0.25) is 0 Å². The fraction of sp³-hybridized carbons (Fsp3) is 0.632. The molecule has 150 valence electrons. The van der Waals surface area contributed by atoms with Crippen LogP contribution in [0.25, 0.3) is 11.1 Å². The third kappa shape index (κ3) is 4.38. The van der Waals surface area contributed by atoms with E-state index in [1.54, 1.807) is 27.8 Å². The lowest BCUT2D eigenvalue weighted by molar-refractivity contribution is 0.322. The number of oxazole rings is 1. The van der Waals surface area contributed by atoms with Gasteiger partial charge in [0, 0.05) is 31.4 Å². The van der Waals surface area contributed by atoms with Crippen molar-refractivity contribution in [2.24, 2.45) is 13.0 Å². The highest BCUT2D eigenvalue weighted by atomic mass is 32.2. The third-order valence-electron chi connectivity index (χ3n) is 5.36. The van der Waals surface area contributed by atoms with E-state index in [-0.39, 0.29) is 11.8 Å². The molecule has 0 bridgehead atoms. The van der Waals surface area contributed by atoms with Crippen LogP contribution in [0, 0.1) is 5.92 Å². The van der Waals surface area contributed by atoms with Gasteiger partial charge in [-0.05, 0) is 64.5 Å². The molecule has 7 nitrogen and oxygen atoms in total. The lowest BCUT2D eigenvalue weighted by Crippen LogP contribution is -2.46. The predicted octanol–water partition coefficient (Wildman–Crippen LogP) is 2.82. The van der Waals surface area contributed by atoms with Crippen LogP contribution in [0.5, 0.6) is 0 Å². The molecule has 3 rings (SSSR count). The number of anilines is 1. The monoisotopic (exact) mass is 395 g/mol. The van der Waals surface area contributed by atoms with Gasteiger partial charge in [-0.3, -0.25) is 4.57 Å². The Labute approximate surface area is 160 Å². The number of fused-ring (bicyclic) bond motifs is 1. The zero-order chi connectivity index (χ0) is 19.8. The standard InChI is InChI=1S/C19H29N3O4S/c1-19(2,3)27(24,25)21-14-7-5-13(6-8-14)12-20-15-9-10-16-17(11-15)26-18(23)22(16)4/h9-11,13-14,20-21H,5-8,12H2,1-4H3. The minimum Gasteiger partial charge on any atom is -0.408 e. The molecule has 0 unspecified atom stereocenters. The lowest BCUT2D eigenvalue weighted by Gasteiger charge is -2.31. The third-order valence-corrected chi connectivity index (χ3v) is 7.62. The summed E-state index contributed by atoms with van der Waals surface area (Å²) in [6, 6.07) is 5.70. The zero-order valence-corrected chi connectivity index (χ0v) is 17.2. The van der Waals surface area contributed by atoms with Gasteiger partial charge in [0.2, 0.25) is 10.0 Å². The van der Waals surface area contributed by atoms with Crippen LogP contribution in [-0.4, -0.2) is 30.3 Å². The van der Waals surface area contributed by atoms with Crippen molar-refractivity contribution in [1.29, 1.82) is 0 Å². The molecule has 2 aromatic rings. The van der Waals surface area contributed by atoms with Crippen LogP contribution < -0.4 is 15.8 Å². The summed E-state index contributed by atoms with van der Waals surface area (Å²) >= 11 is 0. The lowest BCUT2D eigenvalue weighted by atomic mass is 9.86. The molecule has 2 N–H and O–H groups in total. The van der Waals surface area contributed by atoms with Crippen LogP contribution in [0.4, 0.5) is 5.69 Å². The molecule has 0 aliphatic heterocycles. The first-order valence-electron chi connectivity index (χ1n) is 9.42. The number of aromatic nitrogens is 1. The summed E-state index contributed by atoms with van der Waals surface area (Å²) in [4.78, 5) is 11.6. The fourth-order valence-corrected chi connectivity index (χ4v) is 4.41. The first-order valence-corrected chi connectivity index (χ1v) is 10.9. The van der Waals surface area contributed by atoms with Crippen molar-refractivity contribution in [3.8, 4) is 0 Å². The fourth-order valence-electron chi connectivity index (χ4n) is 3.39. The van der Waals surface area contributed by atoms with Crippen molar-refractivity contribution in [2.45, 2.75) is 57.2 Å². The SMILES string of the molecule is Cn1c(=O)oc2cc(NCC3CCC(NS(=O)(=O)C(C)(C)C)CC3)ccc21. The molecule has 0 radical (unpaired) electrons. The van der Waals surface area contributed by atoms with Gasteiger partial charge in [-0.15, -0.1) is 0 Å². The average Bonchev–Trinajstić information content (AvgIpc) is 2.87. The first-order chi connectivity index (χ1) is 12.6. The zero-order valence-electron chi connectivity index (χ0n) is 16.4. The Morgan fingerprint density at radius 3 is 2.48 bits per heavy atom. The van der Waals surface area contributed by atoms with Crippen LogP contribution in [-0.2, 0) is 17.1 Å². The molecular formula is C19H29N3O4S. The quantitative estimate of drug-likeness (QED) is 0.812. The Hall–Kier alpha value is -1.80. The Morgan fingerprint density at radius 1 is 1.19 bits per heavy atom. The van der Waals surface area contributed by atoms with Crippen LogP contribution in [0.3, 0.4) is 0 Å². The largest absolute Gasteiger partial charge is 0.419 e.